The molecule has 7 nitrogen and oxygen atoms in total. The third-order valence-corrected chi connectivity index (χ3v) is 8.35. The number of halogens is 1. The van der Waals surface area contributed by atoms with E-state index in [-0.39, 0.29) is 18.1 Å². The second-order valence-electron chi connectivity index (χ2n) is 9.17. The zero-order chi connectivity index (χ0) is 23.2. The predicted molar refractivity (Wildman–Crippen MR) is 129 cm³/mol. The van der Waals surface area contributed by atoms with Gasteiger partial charge in [0.05, 0.1) is 19.0 Å². The van der Waals surface area contributed by atoms with E-state index in [4.69, 9.17) is 9.47 Å². The monoisotopic (exact) mass is 482 g/mol. The van der Waals surface area contributed by atoms with Crippen LogP contribution in [0.5, 0.6) is 5.75 Å². The quantitative estimate of drug-likeness (QED) is 0.434. The molecule has 1 fully saturated rings. The van der Waals surface area contributed by atoms with E-state index >= 15 is 0 Å². The number of benzene rings is 1. The molecule has 178 valence electrons. The van der Waals surface area contributed by atoms with Crippen LogP contribution in [0.15, 0.2) is 35.4 Å². The number of methoxy groups -OCH3 is 1. The van der Waals surface area contributed by atoms with Crippen LogP contribution in [0.25, 0.3) is 15.9 Å². The van der Waals surface area contributed by atoms with Gasteiger partial charge >= 0.3 is 5.69 Å². The minimum Gasteiger partial charge on any atom is -0.497 e. The van der Waals surface area contributed by atoms with E-state index in [1.807, 2.05) is 0 Å². The summed E-state index contributed by atoms with van der Waals surface area (Å²) in [5.41, 5.74) is 2.23. The van der Waals surface area contributed by atoms with Gasteiger partial charge in [0.1, 0.15) is 16.4 Å². The van der Waals surface area contributed by atoms with Crippen molar-refractivity contribution in [2.24, 2.45) is 5.92 Å². The van der Waals surface area contributed by atoms with Gasteiger partial charge in [-0.25, -0.2) is 14.2 Å². The van der Waals surface area contributed by atoms with Gasteiger partial charge in [0.15, 0.2) is 5.65 Å². The number of ether oxygens (including phenoxy) is 2. The summed E-state index contributed by atoms with van der Waals surface area (Å²) in [6, 6.07) is 4.78. The highest BCUT2D eigenvalue weighted by Crippen LogP contribution is 2.37. The average Bonchev–Trinajstić information content (AvgIpc) is 3.48. The first kappa shape index (κ1) is 21.8. The highest BCUT2D eigenvalue weighted by atomic mass is 32.1. The second kappa shape index (κ2) is 8.79. The molecule has 0 saturated carbocycles. The number of rotatable bonds is 5. The molecule has 3 aromatic heterocycles. The standard InChI is InChI=1S/C25H27FN4O3S/c1-32-18-3-2-17(20(26)12-18)14-30-24-22(23-27-7-9-29(23)25(30)31)19-4-8-28(15-21(19)34-24)13-16-5-10-33-11-6-16/h2-3,7,9,12,16H,4-6,8,10-11,13-15H2,1H3. The summed E-state index contributed by atoms with van der Waals surface area (Å²) < 4.78 is 28.7. The van der Waals surface area contributed by atoms with E-state index in [1.54, 1.807) is 44.8 Å². The van der Waals surface area contributed by atoms with E-state index in [1.165, 1.54) is 23.6 Å². The first-order valence-electron chi connectivity index (χ1n) is 11.7. The van der Waals surface area contributed by atoms with Crippen LogP contribution in [0.4, 0.5) is 4.39 Å². The molecule has 0 spiro atoms. The highest BCUT2D eigenvalue weighted by molar-refractivity contribution is 7.19. The van der Waals surface area contributed by atoms with Crippen LogP contribution in [0.2, 0.25) is 0 Å². The summed E-state index contributed by atoms with van der Waals surface area (Å²) in [7, 11) is 1.51. The lowest BCUT2D eigenvalue weighted by molar-refractivity contribution is 0.0508. The molecule has 0 unspecified atom stereocenters. The molecule has 2 aliphatic heterocycles. The van der Waals surface area contributed by atoms with Crippen molar-refractivity contribution in [2.45, 2.75) is 32.4 Å². The molecule has 5 heterocycles. The van der Waals surface area contributed by atoms with Crippen LogP contribution in [0, 0.1) is 11.7 Å². The third-order valence-electron chi connectivity index (χ3n) is 7.11. The van der Waals surface area contributed by atoms with Crippen molar-refractivity contribution >= 4 is 27.2 Å². The topological polar surface area (TPSA) is 61.0 Å². The smallest absolute Gasteiger partial charge is 0.335 e. The Bertz CT molecular complexity index is 1420. The van der Waals surface area contributed by atoms with Gasteiger partial charge in [0.2, 0.25) is 0 Å². The molecule has 4 aromatic rings. The van der Waals surface area contributed by atoms with Crippen LogP contribution in [0.3, 0.4) is 0 Å². The fraction of sp³-hybridized carbons (Fsp3) is 0.440. The molecule has 1 saturated heterocycles. The van der Waals surface area contributed by atoms with E-state index in [9.17, 15) is 9.18 Å². The molecule has 6 rings (SSSR count). The van der Waals surface area contributed by atoms with Gasteiger partial charge in [0.25, 0.3) is 0 Å². The van der Waals surface area contributed by atoms with Crippen LogP contribution < -0.4 is 10.4 Å². The highest BCUT2D eigenvalue weighted by Gasteiger charge is 2.27. The molecule has 0 atom stereocenters. The van der Waals surface area contributed by atoms with Gasteiger partial charge in [-0.15, -0.1) is 11.3 Å². The molecule has 0 aliphatic carbocycles. The first-order valence-corrected chi connectivity index (χ1v) is 12.6. The van der Waals surface area contributed by atoms with Crippen molar-refractivity contribution in [1.82, 2.24) is 18.9 Å². The largest absolute Gasteiger partial charge is 0.497 e. The molecule has 2 aliphatic rings. The zero-order valence-electron chi connectivity index (χ0n) is 19.1. The molecule has 0 amide bonds. The van der Waals surface area contributed by atoms with Gasteiger partial charge in [-0.2, -0.15) is 0 Å². The van der Waals surface area contributed by atoms with E-state index in [0.29, 0.717) is 22.9 Å². The fourth-order valence-electron chi connectivity index (χ4n) is 5.27. The Hall–Kier alpha value is -2.75. The normalized spacial score (nSPS) is 17.5. The molecular weight excluding hydrogens is 455 g/mol. The minimum absolute atomic E-state index is 0.157. The Balaban J connectivity index is 1.41. The van der Waals surface area contributed by atoms with Gasteiger partial charge < -0.3 is 9.47 Å². The van der Waals surface area contributed by atoms with Crippen molar-refractivity contribution in [3.8, 4) is 5.75 Å². The Morgan fingerprint density at radius 1 is 1.29 bits per heavy atom. The Labute approximate surface area is 200 Å². The van der Waals surface area contributed by atoms with Crippen molar-refractivity contribution in [1.29, 1.82) is 0 Å². The van der Waals surface area contributed by atoms with Gasteiger partial charge in [0, 0.05) is 61.7 Å². The van der Waals surface area contributed by atoms with Crippen molar-refractivity contribution in [2.75, 3.05) is 33.4 Å². The maximum Gasteiger partial charge on any atom is 0.335 e. The molecule has 9 heteroatoms. The van der Waals surface area contributed by atoms with Crippen molar-refractivity contribution in [3.63, 3.8) is 0 Å². The maximum absolute atomic E-state index is 14.8. The van der Waals surface area contributed by atoms with E-state index in [2.05, 4.69) is 9.88 Å². The Morgan fingerprint density at radius 2 is 2.15 bits per heavy atom. The number of thiophene rings is 1. The second-order valence-corrected chi connectivity index (χ2v) is 10.3. The summed E-state index contributed by atoms with van der Waals surface area (Å²) in [5.74, 6) is 0.758. The van der Waals surface area contributed by atoms with E-state index in [0.717, 1.165) is 62.3 Å². The lowest BCUT2D eigenvalue weighted by atomic mass is 9.98. The summed E-state index contributed by atoms with van der Waals surface area (Å²) in [4.78, 5) is 22.6. The van der Waals surface area contributed by atoms with E-state index < -0.39 is 0 Å². The van der Waals surface area contributed by atoms with Gasteiger partial charge in [-0.05, 0) is 36.8 Å². The third kappa shape index (κ3) is 3.72. The summed E-state index contributed by atoms with van der Waals surface area (Å²) in [6.07, 6.45) is 6.53. The number of aromatic nitrogens is 3. The van der Waals surface area contributed by atoms with Crippen LogP contribution in [0.1, 0.15) is 28.8 Å². The zero-order valence-corrected chi connectivity index (χ0v) is 19.9. The van der Waals surface area contributed by atoms with Crippen molar-refractivity contribution in [3.05, 3.63) is 62.9 Å². The molecule has 34 heavy (non-hydrogen) atoms. The van der Waals surface area contributed by atoms with Gasteiger partial charge in [-0.3, -0.25) is 13.9 Å². The Morgan fingerprint density at radius 3 is 2.94 bits per heavy atom. The molecular formula is C25H27FN4O3S. The predicted octanol–water partition coefficient (Wildman–Crippen LogP) is 3.69. The van der Waals surface area contributed by atoms with Crippen LogP contribution in [-0.2, 0) is 24.2 Å². The van der Waals surface area contributed by atoms with Gasteiger partial charge in [-0.1, -0.05) is 6.07 Å². The number of nitrogens with zero attached hydrogens (tertiary/aromatic N) is 4. The molecule has 0 N–H and O–H groups in total. The molecule has 1 aromatic carbocycles. The van der Waals surface area contributed by atoms with Crippen LogP contribution in [-0.4, -0.2) is 52.3 Å². The summed E-state index contributed by atoms with van der Waals surface area (Å²) in [6.45, 7) is 4.83. The number of fused-ring (bicyclic) bond motifs is 5. The lowest BCUT2D eigenvalue weighted by Gasteiger charge is -2.32. The summed E-state index contributed by atoms with van der Waals surface area (Å²) >= 11 is 1.65. The number of hydrogen-bond acceptors (Lipinski definition) is 6. The Kier molecular flexibility index (Phi) is 5.63. The number of imidazole rings is 1. The van der Waals surface area contributed by atoms with Crippen LogP contribution >= 0.6 is 11.3 Å². The SMILES string of the molecule is COc1ccc(Cn2c(=O)n3ccnc3c3c4c(sc32)CN(CC2CCOCC2)CC4)c(F)c1. The van der Waals surface area contributed by atoms with Crippen molar-refractivity contribution < 1.29 is 13.9 Å². The lowest BCUT2D eigenvalue weighted by Crippen LogP contribution is -2.35. The average molecular weight is 483 g/mol. The fourth-order valence-corrected chi connectivity index (χ4v) is 6.64. The number of hydrogen-bond donors (Lipinski definition) is 0. The molecule has 0 radical (unpaired) electrons. The molecule has 0 bridgehead atoms. The first-order chi connectivity index (χ1) is 16.6. The summed E-state index contributed by atoms with van der Waals surface area (Å²) in [5, 5.41) is 1.03. The maximum atomic E-state index is 14.8. The minimum atomic E-state index is -0.380.